The standard InChI is InChI=1S/C26H28N8O5/c1-26(2,3)33-24(28-29-30-33)23(19-12-16-13-21-22(39-15-38-21)14-20(16)27-25(19)35)32-10-8-31(9-11-32)17-4-6-18(7-5-17)34(36)37/h4-7,12-14,23H,8-11,15H2,1-3H3,(H,27,35). The van der Waals surface area contributed by atoms with E-state index in [0.29, 0.717) is 54.6 Å². The van der Waals surface area contributed by atoms with Crippen LogP contribution in [-0.2, 0) is 5.54 Å². The fraction of sp³-hybridized carbons (Fsp3) is 0.385. The highest BCUT2D eigenvalue weighted by Crippen LogP contribution is 2.37. The number of nitrogens with zero attached hydrogens (tertiary/aromatic N) is 7. The molecule has 0 saturated carbocycles. The van der Waals surface area contributed by atoms with E-state index in [9.17, 15) is 14.9 Å². The van der Waals surface area contributed by atoms with Gasteiger partial charge in [-0.3, -0.25) is 19.8 Å². The van der Waals surface area contributed by atoms with E-state index in [1.54, 1.807) is 22.9 Å². The van der Waals surface area contributed by atoms with Gasteiger partial charge >= 0.3 is 0 Å². The Bertz CT molecular complexity index is 1600. The zero-order valence-electron chi connectivity index (χ0n) is 21.8. The van der Waals surface area contributed by atoms with E-state index in [1.807, 2.05) is 32.9 Å². The number of hydrogen-bond acceptors (Lipinski definition) is 10. The fourth-order valence-electron chi connectivity index (χ4n) is 5.18. The number of fused-ring (bicyclic) bond motifs is 2. The molecule has 0 spiro atoms. The molecule has 0 radical (unpaired) electrons. The van der Waals surface area contributed by atoms with E-state index in [2.05, 4.69) is 30.3 Å². The minimum atomic E-state index is -0.503. The van der Waals surface area contributed by atoms with Gasteiger partial charge < -0.3 is 19.4 Å². The van der Waals surface area contributed by atoms with Crippen molar-refractivity contribution in [3.8, 4) is 11.5 Å². The van der Waals surface area contributed by atoms with E-state index in [0.717, 1.165) is 11.1 Å². The first-order chi connectivity index (χ1) is 18.7. The number of nitrogens with one attached hydrogen (secondary N) is 1. The highest BCUT2D eigenvalue weighted by Gasteiger charge is 2.35. The van der Waals surface area contributed by atoms with Crippen molar-refractivity contribution in [1.29, 1.82) is 0 Å². The Morgan fingerprint density at radius 3 is 2.38 bits per heavy atom. The number of aromatic nitrogens is 5. The number of benzene rings is 2. The van der Waals surface area contributed by atoms with Crippen molar-refractivity contribution >= 4 is 22.3 Å². The largest absolute Gasteiger partial charge is 0.454 e. The molecule has 1 fully saturated rings. The summed E-state index contributed by atoms with van der Waals surface area (Å²) in [4.78, 5) is 31.6. The van der Waals surface area contributed by atoms with Crippen molar-refractivity contribution in [2.24, 2.45) is 0 Å². The Morgan fingerprint density at radius 2 is 1.72 bits per heavy atom. The Labute approximate surface area is 223 Å². The average molecular weight is 533 g/mol. The number of rotatable bonds is 5. The molecule has 39 heavy (non-hydrogen) atoms. The van der Waals surface area contributed by atoms with Crippen molar-refractivity contribution in [2.45, 2.75) is 32.4 Å². The Morgan fingerprint density at radius 1 is 1.03 bits per heavy atom. The molecule has 2 aromatic carbocycles. The summed E-state index contributed by atoms with van der Waals surface area (Å²) in [5.41, 5.74) is 1.52. The molecule has 1 unspecified atom stereocenters. The third kappa shape index (κ3) is 4.54. The molecule has 4 heterocycles. The molecule has 13 nitrogen and oxygen atoms in total. The van der Waals surface area contributed by atoms with Gasteiger partial charge in [-0.2, -0.15) is 0 Å². The van der Waals surface area contributed by atoms with Gasteiger partial charge in [0.2, 0.25) is 6.79 Å². The quantitative estimate of drug-likeness (QED) is 0.301. The number of non-ortho nitro benzene ring substituents is 1. The van der Waals surface area contributed by atoms with Gasteiger partial charge in [-0.1, -0.05) is 0 Å². The van der Waals surface area contributed by atoms with Crippen LogP contribution in [0.15, 0.2) is 47.3 Å². The Hall–Kier alpha value is -4.52. The summed E-state index contributed by atoms with van der Waals surface area (Å²) in [6.45, 7) is 8.76. The minimum absolute atomic E-state index is 0.0598. The predicted molar refractivity (Wildman–Crippen MR) is 142 cm³/mol. The van der Waals surface area contributed by atoms with E-state index in [-0.39, 0.29) is 18.0 Å². The van der Waals surface area contributed by atoms with Crippen molar-refractivity contribution in [2.75, 3.05) is 37.9 Å². The van der Waals surface area contributed by atoms with E-state index >= 15 is 0 Å². The number of tetrazole rings is 1. The molecule has 4 aromatic rings. The molecule has 2 aliphatic heterocycles. The van der Waals surface area contributed by atoms with Crippen LogP contribution < -0.4 is 19.9 Å². The lowest BCUT2D eigenvalue weighted by Gasteiger charge is -2.40. The van der Waals surface area contributed by atoms with Crippen molar-refractivity contribution in [3.63, 3.8) is 0 Å². The second kappa shape index (κ2) is 9.34. The number of piperazine rings is 1. The molecule has 1 atom stereocenters. The second-order valence-electron chi connectivity index (χ2n) is 10.7. The Kier molecular flexibility index (Phi) is 5.94. The summed E-state index contributed by atoms with van der Waals surface area (Å²) in [5, 5.41) is 24.5. The summed E-state index contributed by atoms with van der Waals surface area (Å²) >= 11 is 0. The van der Waals surface area contributed by atoms with Crippen molar-refractivity contribution in [1.82, 2.24) is 30.1 Å². The predicted octanol–water partition coefficient (Wildman–Crippen LogP) is 2.82. The lowest BCUT2D eigenvalue weighted by Crippen LogP contribution is -2.49. The van der Waals surface area contributed by atoms with Crippen LogP contribution in [-0.4, -0.2) is 68.0 Å². The molecule has 1 saturated heterocycles. The van der Waals surface area contributed by atoms with Crippen LogP contribution in [0.4, 0.5) is 11.4 Å². The summed E-state index contributed by atoms with van der Waals surface area (Å²) in [7, 11) is 0. The molecule has 2 aromatic heterocycles. The third-order valence-electron chi connectivity index (χ3n) is 7.14. The summed E-state index contributed by atoms with van der Waals surface area (Å²) in [6.07, 6.45) is 0. The molecule has 6 rings (SSSR count). The Balaban J connectivity index is 1.37. The van der Waals surface area contributed by atoms with Crippen LogP contribution in [0.3, 0.4) is 0 Å². The number of nitro benzene ring substituents is 1. The van der Waals surface area contributed by atoms with E-state index in [4.69, 9.17) is 9.47 Å². The number of ether oxygens (including phenoxy) is 2. The highest BCUT2D eigenvalue weighted by atomic mass is 16.7. The van der Waals surface area contributed by atoms with Crippen LogP contribution in [0, 0.1) is 10.1 Å². The van der Waals surface area contributed by atoms with Crippen LogP contribution in [0.1, 0.15) is 38.2 Å². The fourth-order valence-corrected chi connectivity index (χ4v) is 5.18. The topological polar surface area (TPSA) is 145 Å². The molecular formula is C26H28N8O5. The van der Waals surface area contributed by atoms with Crippen LogP contribution in [0.2, 0.25) is 0 Å². The van der Waals surface area contributed by atoms with Crippen LogP contribution in [0.25, 0.3) is 10.9 Å². The number of hydrogen-bond donors (Lipinski definition) is 1. The number of anilines is 1. The SMILES string of the molecule is CC(C)(C)n1nnnc1C(c1cc2cc3c(cc2[nH]c1=O)OCO3)N1CCN(c2ccc([N+](=O)[O-])cc2)CC1. The first-order valence-corrected chi connectivity index (χ1v) is 12.7. The maximum absolute atomic E-state index is 13.5. The smallest absolute Gasteiger partial charge is 0.269 e. The maximum atomic E-state index is 13.5. The van der Waals surface area contributed by atoms with Crippen molar-refractivity contribution in [3.05, 3.63) is 74.3 Å². The van der Waals surface area contributed by atoms with E-state index < -0.39 is 16.5 Å². The minimum Gasteiger partial charge on any atom is -0.454 e. The van der Waals surface area contributed by atoms with Gasteiger partial charge in [0.15, 0.2) is 17.3 Å². The van der Waals surface area contributed by atoms with Gasteiger partial charge in [0.1, 0.15) is 6.04 Å². The summed E-state index contributed by atoms with van der Waals surface area (Å²) in [6, 6.07) is 11.6. The lowest BCUT2D eigenvalue weighted by atomic mass is 10.0. The normalized spacial score (nSPS) is 16.5. The summed E-state index contributed by atoms with van der Waals surface area (Å²) in [5.74, 6) is 1.81. The van der Waals surface area contributed by atoms with Gasteiger partial charge in [0.05, 0.1) is 16.0 Å². The molecule has 1 N–H and O–H groups in total. The molecule has 0 aliphatic carbocycles. The maximum Gasteiger partial charge on any atom is 0.269 e. The third-order valence-corrected chi connectivity index (χ3v) is 7.14. The molecular weight excluding hydrogens is 504 g/mol. The summed E-state index contributed by atoms with van der Waals surface area (Å²) < 4.78 is 12.8. The average Bonchev–Trinajstić information content (AvgIpc) is 3.58. The highest BCUT2D eigenvalue weighted by molar-refractivity contribution is 5.83. The van der Waals surface area contributed by atoms with Gasteiger partial charge in [0.25, 0.3) is 11.2 Å². The van der Waals surface area contributed by atoms with Gasteiger partial charge in [-0.25, -0.2) is 4.68 Å². The molecule has 13 heteroatoms. The zero-order chi connectivity index (χ0) is 27.3. The van der Waals surface area contributed by atoms with Crippen LogP contribution in [0.5, 0.6) is 11.5 Å². The van der Waals surface area contributed by atoms with Gasteiger partial charge in [-0.15, -0.1) is 5.10 Å². The second-order valence-corrected chi connectivity index (χ2v) is 10.7. The zero-order valence-corrected chi connectivity index (χ0v) is 21.8. The van der Waals surface area contributed by atoms with Crippen LogP contribution >= 0.6 is 0 Å². The molecule has 202 valence electrons. The number of aromatic amines is 1. The molecule has 0 amide bonds. The van der Waals surface area contributed by atoms with Crippen molar-refractivity contribution < 1.29 is 14.4 Å². The number of pyridine rings is 1. The number of nitro groups is 1. The van der Waals surface area contributed by atoms with Gasteiger partial charge in [-0.05, 0) is 55.5 Å². The molecule has 2 aliphatic rings. The van der Waals surface area contributed by atoms with Gasteiger partial charge in [0, 0.05) is 61.0 Å². The lowest BCUT2D eigenvalue weighted by molar-refractivity contribution is -0.384. The monoisotopic (exact) mass is 532 g/mol. The first-order valence-electron chi connectivity index (χ1n) is 12.7. The number of H-pyrrole nitrogens is 1. The molecule has 0 bridgehead atoms. The first kappa shape index (κ1) is 24.8. The van der Waals surface area contributed by atoms with E-state index in [1.165, 1.54) is 12.1 Å².